The number of anilines is 1. The fourth-order valence-electron chi connectivity index (χ4n) is 2.17. The van der Waals surface area contributed by atoms with E-state index in [1.165, 1.54) is 18.2 Å². The van der Waals surface area contributed by atoms with Crippen LogP contribution in [-0.2, 0) is 0 Å². The second-order valence-corrected chi connectivity index (χ2v) is 5.02. The summed E-state index contributed by atoms with van der Waals surface area (Å²) in [4.78, 5) is 16.7. The molecule has 1 aromatic carbocycles. The van der Waals surface area contributed by atoms with Crippen LogP contribution in [0.25, 0.3) is 5.65 Å². The first-order valence-electron chi connectivity index (χ1n) is 6.26. The minimum Gasteiger partial charge on any atom is -0.321 e. The van der Waals surface area contributed by atoms with Crippen LogP contribution in [0, 0.1) is 12.7 Å². The van der Waals surface area contributed by atoms with Crippen molar-refractivity contribution in [2.75, 3.05) is 5.32 Å². The van der Waals surface area contributed by atoms with E-state index in [0.29, 0.717) is 27.7 Å². The molecule has 0 radical (unpaired) electrons. The van der Waals surface area contributed by atoms with Gasteiger partial charge in [-0.3, -0.25) is 9.20 Å². The van der Waals surface area contributed by atoms with Gasteiger partial charge < -0.3 is 5.32 Å². The largest absolute Gasteiger partial charge is 0.321 e. The van der Waals surface area contributed by atoms with Gasteiger partial charge in [0.1, 0.15) is 17.2 Å². The average Bonchev–Trinajstić information content (AvgIpc) is 2.74. The van der Waals surface area contributed by atoms with Crippen molar-refractivity contribution in [3.63, 3.8) is 0 Å². The Labute approximate surface area is 125 Å². The highest BCUT2D eigenvalue weighted by molar-refractivity contribution is 6.30. The van der Waals surface area contributed by atoms with Gasteiger partial charge in [0, 0.05) is 11.9 Å². The predicted molar refractivity (Wildman–Crippen MR) is 79.3 cm³/mol. The summed E-state index contributed by atoms with van der Waals surface area (Å²) in [5, 5.41) is 3.15. The number of nitrogens with one attached hydrogen (secondary N) is 1. The number of nitrogens with zero attached hydrogens (tertiary/aromatic N) is 2. The number of rotatable bonds is 2. The second-order valence-electron chi connectivity index (χ2n) is 4.59. The van der Waals surface area contributed by atoms with Gasteiger partial charge in [0.15, 0.2) is 0 Å². The molecule has 21 heavy (non-hydrogen) atoms. The van der Waals surface area contributed by atoms with E-state index in [1.807, 2.05) is 0 Å². The molecule has 0 spiro atoms. The van der Waals surface area contributed by atoms with Gasteiger partial charge in [-0.05, 0) is 37.3 Å². The average molecular weight is 304 g/mol. The number of imidazole rings is 1. The van der Waals surface area contributed by atoms with Crippen molar-refractivity contribution in [2.24, 2.45) is 0 Å². The van der Waals surface area contributed by atoms with Gasteiger partial charge in [-0.25, -0.2) is 9.37 Å². The summed E-state index contributed by atoms with van der Waals surface area (Å²) in [7, 11) is 0. The summed E-state index contributed by atoms with van der Waals surface area (Å²) in [5.41, 5.74) is 1.96. The first-order chi connectivity index (χ1) is 10.0. The molecule has 1 amide bonds. The van der Waals surface area contributed by atoms with Crippen LogP contribution in [0.5, 0.6) is 0 Å². The van der Waals surface area contributed by atoms with E-state index in [9.17, 15) is 9.18 Å². The number of fused-ring (bicyclic) bond motifs is 1. The molecule has 0 atom stereocenters. The third kappa shape index (κ3) is 2.60. The van der Waals surface area contributed by atoms with E-state index in [2.05, 4.69) is 10.3 Å². The third-order valence-electron chi connectivity index (χ3n) is 3.05. The summed E-state index contributed by atoms with van der Waals surface area (Å²) >= 11 is 5.96. The predicted octanol–water partition coefficient (Wildman–Crippen LogP) is 3.69. The number of amides is 1. The van der Waals surface area contributed by atoms with E-state index in [0.717, 1.165) is 0 Å². The minimum absolute atomic E-state index is 0.368. The monoisotopic (exact) mass is 303 g/mol. The Kier molecular flexibility index (Phi) is 3.35. The number of halogens is 2. The number of aromatic nitrogens is 2. The molecule has 106 valence electrons. The Morgan fingerprint density at radius 1 is 1.33 bits per heavy atom. The van der Waals surface area contributed by atoms with E-state index in [-0.39, 0.29) is 5.91 Å². The van der Waals surface area contributed by atoms with Crippen molar-refractivity contribution in [1.29, 1.82) is 0 Å². The first kappa shape index (κ1) is 13.6. The zero-order valence-electron chi connectivity index (χ0n) is 11.1. The SMILES string of the molecule is Cc1nc2ccc(Cl)cn2c1C(=O)Nc1cccc(F)c1. The van der Waals surface area contributed by atoms with Crippen LogP contribution in [0.2, 0.25) is 5.02 Å². The van der Waals surface area contributed by atoms with Crippen LogP contribution in [0.3, 0.4) is 0 Å². The number of benzene rings is 1. The molecule has 0 fully saturated rings. The van der Waals surface area contributed by atoms with E-state index >= 15 is 0 Å². The smallest absolute Gasteiger partial charge is 0.274 e. The maximum Gasteiger partial charge on any atom is 0.274 e. The topological polar surface area (TPSA) is 46.4 Å². The van der Waals surface area contributed by atoms with Crippen LogP contribution >= 0.6 is 11.6 Å². The Bertz CT molecular complexity index is 844. The molecule has 0 aliphatic carbocycles. The molecule has 3 aromatic rings. The summed E-state index contributed by atoms with van der Waals surface area (Å²) < 4.78 is 14.8. The van der Waals surface area contributed by atoms with Gasteiger partial charge in [-0.1, -0.05) is 17.7 Å². The standard InChI is InChI=1S/C15H11ClFN3O/c1-9-14(20-8-10(16)5-6-13(20)18-9)15(21)19-12-4-2-3-11(17)7-12/h2-8H,1H3,(H,19,21). The minimum atomic E-state index is -0.411. The van der Waals surface area contributed by atoms with Crippen LogP contribution < -0.4 is 5.32 Å². The molecule has 2 heterocycles. The maximum atomic E-state index is 13.2. The fraction of sp³-hybridized carbons (Fsp3) is 0.0667. The van der Waals surface area contributed by atoms with E-state index in [4.69, 9.17) is 11.6 Å². The molecule has 0 saturated carbocycles. The molecule has 1 N–H and O–H groups in total. The third-order valence-corrected chi connectivity index (χ3v) is 3.28. The number of pyridine rings is 1. The Morgan fingerprint density at radius 2 is 2.14 bits per heavy atom. The molecule has 2 aromatic heterocycles. The molecule has 0 saturated heterocycles. The number of hydrogen-bond donors (Lipinski definition) is 1. The van der Waals surface area contributed by atoms with Gasteiger partial charge in [0.05, 0.1) is 10.7 Å². The van der Waals surface area contributed by atoms with Crippen molar-refractivity contribution in [3.8, 4) is 0 Å². The van der Waals surface area contributed by atoms with Crippen LogP contribution in [-0.4, -0.2) is 15.3 Å². The normalized spacial score (nSPS) is 10.8. The lowest BCUT2D eigenvalue weighted by Gasteiger charge is -2.06. The number of aryl methyl sites for hydroxylation is 1. The van der Waals surface area contributed by atoms with Crippen molar-refractivity contribution in [2.45, 2.75) is 6.92 Å². The van der Waals surface area contributed by atoms with Gasteiger partial charge in [-0.2, -0.15) is 0 Å². The second kappa shape index (κ2) is 5.18. The molecule has 0 bridgehead atoms. The van der Waals surface area contributed by atoms with E-state index in [1.54, 1.807) is 35.7 Å². The molecular weight excluding hydrogens is 293 g/mol. The summed E-state index contributed by atoms with van der Waals surface area (Å²) in [6, 6.07) is 9.15. The summed E-state index contributed by atoms with van der Waals surface area (Å²) in [5.74, 6) is -0.779. The van der Waals surface area contributed by atoms with Gasteiger partial charge in [0.2, 0.25) is 0 Å². The molecule has 3 rings (SSSR count). The lowest BCUT2D eigenvalue weighted by atomic mass is 10.2. The maximum absolute atomic E-state index is 13.2. The summed E-state index contributed by atoms with van der Waals surface area (Å²) in [6.45, 7) is 1.74. The quantitative estimate of drug-likeness (QED) is 0.785. The van der Waals surface area contributed by atoms with Crippen molar-refractivity contribution in [1.82, 2.24) is 9.38 Å². The van der Waals surface area contributed by atoms with Crippen molar-refractivity contribution in [3.05, 3.63) is 64.8 Å². The van der Waals surface area contributed by atoms with Crippen LogP contribution in [0.4, 0.5) is 10.1 Å². The fourth-order valence-corrected chi connectivity index (χ4v) is 2.33. The highest BCUT2D eigenvalue weighted by Gasteiger charge is 2.17. The molecule has 0 unspecified atom stereocenters. The highest BCUT2D eigenvalue weighted by atomic mass is 35.5. The lowest BCUT2D eigenvalue weighted by Crippen LogP contribution is -2.15. The van der Waals surface area contributed by atoms with Crippen LogP contribution in [0.1, 0.15) is 16.2 Å². The molecular formula is C15H11ClFN3O. The Balaban J connectivity index is 2.01. The zero-order chi connectivity index (χ0) is 15.0. The molecule has 6 heteroatoms. The first-order valence-corrected chi connectivity index (χ1v) is 6.63. The van der Waals surface area contributed by atoms with E-state index < -0.39 is 5.82 Å². The number of carbonyl (C=O) groups is 1. The van der Waals surface area contributed by atoms with Crippen LogP contribution in [0.15, 0.2) is 42.6 Å². The Hall–Kier alpha value is -2.40. The highest BCUT2D eigenvalue weighted by Crippen LogP contribution is 2.18. The van der Waals surface area contributed by atoms with Gasteiger partial charge in [-0.15, -0.1) is 0 Å². The van der Waals surface area contributed by atoms with Gasteiger partial charge >= 0.3 is 0 Å². The summed E-state index contributed by atoms with van der Waals surface area (Å²) in [6.07, 6.45) is 1.62. The molecule has 4 nitrogen and oxygen atoms in total. The van der Waals surface area contributed by atoms with Crippen molar-refractivity contribution < 1.29 is 9.18 Å². The van der Waals surface area contributed by atoms with Gasteiger partial charge in [0.25, 0.3) is 5.91 Å². The number of hydrogen-bond acceptors (Lipinski definition) is 2. The molecule has 0 aliphatic rings. The van der Waals surface area contributed by atoms with Crippen molar-refractivity contribution >= 4 is 28.8 Å². The zero-order valence-corrected chi connectivity index (χ0v) is 11.9. The lowest BCUT2D eigenvalue weighted by molar-refractivity contribution is 0.102. The number of carbonyl (C=O) groups excluding carboxylic acids is 1. The molecule has 0 aliphatic heterocycles. The Morgan fingerprint density at radius 3 is 2.90 bits per heavy atom.